The first-order valence-corrected chi connectivity index (χ1v) is 11.1. The highest BCUT2D eigenvalue weighted by Gasteiger charge is 2.44. The van der Waals surface area contributed by atoms with E-state index < -0.39 is 19.9 Å². The average Bonchev–Trinajstić information content (AvgIpc) is 2.33. The minimum Gasteiger partial charge on any atom is -0.507 e. The number of rotatable bonds is 6. The first-order chi connectivity index (χ1) is 10.2. The van der Waals surface area contributed by atoms with Gasteiger partial charge in [-0.25, -0.2) is 0 Å². The molecule has 10 heteroatoms. The molecule has 0 amide bonds. The lowest BCUT2D eigenvalue weighted by molar-refractivity contribution is 0.352. The molecule has 0 heterocycles. The van der Waals surface area contributed by atoms with Gasteiger partial charge in [0.15, 0.2) is 0 Å². The van der Waals surface area contributed by atoms with Crippen molar-refractivity contribution in [2.75, 3.05) is 0 Å². The summed E-state index contributed by atoms with van der Waals surface area (Å²) in [6.07, 6.45) is 0. The van der Waals surface area contributed by atoms with Gasteiger partial charge < -0.3 is 24.7 Å². The van der Waals surface area contributed by atoms with Crippen molar-refractivity contribution in [2.45, 2.75) is 49.2 Å². The van der Waals surface area contributed by atoms with Gasteiger partial charge in [-0.05, 0) is 35.1 Å². The summed E-state index contributed by atoms with van der Waals surface area (Å²) < 4.78 is 20.7. The second kappa shape index (κ2) is 7.28. The number of phenols is 1. The molecule has 0 saturated heterocycles. The van der Waals surface area contributed by atoms with Gasteiger partial charge >= 0.3 is 15.2 Å². The quantitative estimate of drug-likeness (QED) is 0.372. The van der Waals surface area contributed by atoms with E-state index in [0.717, 1.165) is 0 Å². The van der Waals surface area contributed by atoms with Crippen LogP contribution in [0.25, 0.3) is 0 Å². The van der Waals surface area contributed by atoms with Crippen LogP contribution in [0.4, 0.5) is 0 Å². The van der Waals surface area contributed by atoms with Crippen molar-refractivity contribution in [1.82, 2.24) is 0 Å². The van der Waals surface area contributed by atoms with Crippen LogP contribution >= 0.6 is 27.0 Å². The number of phenolic OH excluding ortho intramolecular Hbond substituents is 1. The lowest BCUT2D eigenvalue weighted by atomic mass is 9.94. The van der Waals surface area contributed by atoms with Crippen molar-refractivity contribution in [2.24, 2.45) is 0 Å². The highest BCUT2D eigenvalue weighted by molar-refractivity contribution is 8.12. The first kappa shape index (κ1) is 20.7. The Balaban J connectivity index is 3.43. The van der Waals surface area contributed by atoms with E-state index in [4.69, 9.17) is 0 Å². The SMILES string of the molecule is CC(C)c1cc(SC(P(=O)(O)O)P(=O)(O)O)cc(C(C)C)c1O. The van der Waals surface area contributed by atoms with Gasteiger partial charge in [0, 0.05) is 4.90 Å². The van der Waals surface area contributed by atoms with Crippen LogP contribution in [-0.2, 0) is 9.13 Å². The maximum absolute atomic E-state index is 11.4. The zero-order valence-corrected chi connectivity index (χ0v) is 15.8. The maximum atomic E-state index is 11.4. The smallest absolute Gasteiger partial charge is 0.351 e. The van der Waals surface area contributed by atoms with Crippen LogP contribution in [0, 0.1) is 0 Å². The Morgan fingerprint density at radius 3 is 1.48 bits per heavy atom. The Morgan fingerprint density at radius 2 is 1.22 bits per heavy atom. The fourth-order valence-electron chi connectivity index (χ4n) is 2.05. The maximum Gasteiger partial charge on any atom is 0.351 e. The summed E-state index contributed by atoms with van der Waals surface area (Å²) in [5.74, 6) is -0.0171. The van der Waals surface area contributed by atoms with Gasteiger partial charge in [0.2, 0.25) is 4.73 Å². The zero-order chi connectivity index (χ0) is 18.2. The average molecular weight is 384 g/mol. The third-order valence-electron chi connectivity index (χ3n) is 3.20. The lowest BCUT2D eigenvalue weighted by Gasteiger charge is -2.21. The molecule has 1 aromatic rings. The van der Waals surface area contributed by atoms with Gasteiger partial charge in [-0.1, -0.05) is 39.5 Å². The van der Waals surface area contributed by atoms with Crippen LogP contribution in [0.5, 0.6) is 5.75 Å². The molecule has 0 aliphatic carbocycles. The Morgan fingerprint density at radius 1 is 0.870 bits per heavy atom. The molecular formula is C13H22O7P2S. The molecule has 0 aliphatic rings. The Kier molecular flexibility index (Phi) is 6.55. The summed E-state index contributed by atoms with van der Waals surface area (Å²) in [7, 11) is -10.0. The molecule has 0 spiro atoms. The highest BCUT2D eigenvalue weighted by atomic mass is 32.2. The van der Waals surface area contributed by atoms with Crippen LogP contribution in [0.3, 0.4) is 0 Å². The van der Waals surface area contributed by atoms with Gasteiger partial charge in [-0.2, -0.15) is 0 Å². The second-order valence-electron chi connectivity index (χ2n) is 5.88. The molecule has 23 heavy (non-hydrogen) atoms. The van der Waals surface area contributed by atoms with E-state index in [1.807, 2.05) is 27.7 Å². The van der Waals surface area contributed by atoms with E-state index in [0.29, 0.717) is 27.8 Å². The van der Waals surface area contributed by atoms with E-state index >= 15 is 0 Å². The van der Waals surface area contributed by atoms with Crippen LogP contribution in [0.1, 0.15) is 50.7 Å². The van der Waals surface area contributed by atoms with Crippen molar-refractivity contribution < 1.29 is 33.8 Å². The summed E-state index contributed by atoms with van der Waals surface area (Å²) in [5, 5.41) is 10.3. The third kappa shape index (κ3) is 5.33. The molecule has 0 saturated carbocycles. The molecular weight excluding hydrogens is 362 g/mol. The van der Waals surface area contributed by atoms with E-state index in [-0.39, 0.29) is 17.6 Å². The minimum atomic E-state index is -5.02. The standard InChI is InChI=1S/C13H22O7P2S/c1-7(2)10-5-9(6-11(8(3)4)12(10)14)23-13(21(15,16)17)22(18,19)20/h5-8,13-14H,1-4H3,(H2,15,16,17)(H2,18,19,20). The van der Waals surface area contributed by atoms with Gasteiger partial charge in [-0.3, -0.25) is 9.13 Å². The topological polar surface area (TPSA) is 135 Å². The molecule has 0 aromatic heterocycles. The normalized spacial score (nSPS) is 13.3. The van der Waals surface area contributed by atoms with E-state index in [2.05, 4.69) is 0 Å². The van der Waals surface area contributed by atoms with Crippen LogP contribution in [0.15, 0.2) is 17.0 Å². The fourth-order valence-corrected chi connectivity index (χ4v) is 6.08. The number of benzene rings is 1. The molecule has 5 N–H and O–H groups in total. The predicted octanol–water partition coefficient (Wildman–Crippen LogP) is 3.37. The molecule has 0 unspecified atom stereocenters. The molecule has 0 radical (unpaired) electrons. The van der Waals surface area contributed by atoms with Crippen LogP contribution in [0.2, 0.25) is 0 Å². The van der Waals surface area contributed by atoms with Crippen LogP contribution in [-0.4, -0.2) is 29.4 Å². The van der Waals surface area contributed by atoms with E-state index in [1.54, 1.807) is 0 Å². The second-order valence-corrected chi connectivity index (χ2v) is 11.6. The van der Waals surface area contributed by atoms with Crippen molar-refractivity contribution in [3.8, 4) is 5.75 Å². The first-order valence-electron chi connectivity index (χ1n) is 6.89. The summed E-state index contributed by atoms with van der Waals surface area (Å²) in [6, 6.07) is 3.02. The summed E-state index contributed by atoms with van der Waals surface area (Å²) in [6.45, 7) is 7.38. The molecule has 7 nitrogen and oxygen atoms in total. The van der Waals surface area contributed by atoms with Crippen molar-refractivity contribution in [1.29, 1.82) is 0 Å². The van der Waals surface area contributed by atoms with Gasteiger partial charge in [0.05, 0.1) is 0 Å². The number of hydrogen-bond acceptors (Lipinski definition) is 4. The summed E-state index contributed by atoms with van der Waals surface area (Å²) in [5.41, 5.74) is 1.13. The fraction of sp³-hybridized carbons (Fsp3) is 0.538. The highest BCUT2D eigenvalue weighted by Crippen LogP contribution is 2.66. The van der Waals surface area contributed by atoms with Crippen molar-refractivity contribution >= 4 is 27.0 Å². The molecule has 1 aromatic carbocycles. The number of aromatic hydroxyl groups is 1. The Hall–Kier alpha value is -0.330. The van der Waals surface area contributed by atoms with E-state index in [1.165, 1.54) is 12.1 Å². The molecule has 1 rings (SSSR count). The van der Waals surface area contributed by atoms with Crippen molar-refractivity contribution in [3.05, 3.63) is 23.3 Å². The molecule has 0 fully saturated rings. The van der Waals surface area contributed by atoms with Gasteiger partial charge in [0.1, 0.15) is 5.75 Å². The summed E-state index contributed by atoms with van der Waals surface area (Å²) in [4.78, 5) is 37.2. The van der Waals surface area contributed by atoms with E-state index in [9.17, 15) is 33.8 Å². The molecule has 0 atom stereocenters. The monoisotopic (exact) mass is 384 g/mol. The van der Waals surface area contributed by atoms with Gasteiger partial charge in [-0.15, -0.1) is 0 Å². The Labute approximate surface area is 139 Å². The number of thioether (sulfide) groups is 1. The third-order valence-corrected chi connectivity index (χ3v) is 9.16. The predicted molar refractivity (Wildman–Crippen MR) is 90.0 cm³/mol. The number of hydrogen-bond donors (Lipinski definition) is 5. The molecule has 0 aliphatic heterocycles. The Bertz CT molecular complexity index is 611. The lowest BCUT2D eigenvalue weighted by Crippen LogP contribution is -2.05. The molecule has 0 bridgehead atoms. The minimum absolute atomic E-state index is 0.0587. The largest absolute Gasteiger partial charge is 0.507 e. The molecule has 132 valence electrons. The van der Waals surface area contributed by atoms with Crippen molar-refractivity contribution in [3.63, 3.8) is 0 Å². The van der Waals surface area contributed by atoms with Crippen LogP contribution < -0.4 is 0 Å². The van der Waals surface area contributed by atoms with Gasteiger partial charge in [0.25, 0.3) is 0 Å². The summed E-state index contributed by atoms with van der Waals surface area (Å²) >= 11 is 0.437. The zero-order valence-electron chi connectivity index (χ0n) is 13.2.